The maximum absolute atomic E-state index is 11.9. The van der Waals surface area contributed by atoms with E-state index in [0.717, 1.165) is 11.4 Å². The highest BCUT2D eigenvalue weighted by Gasteiger charge is 2.25. The number of carbonyl (C=O) groups excluding carboxylic acids is 1. The summed E-state index contributed by atoms with van der Waals surface area (Å²) in [5.74, 6) is 5.25. The first-order valence-corrected chi connectivity index (χ1v) is 6.56. The van der Waals surface area contributed by atoms with Crippen molar-refractivity contribution in [1.82, 2.24) is 5.01 Å². The highest BCUT2D eigenvalue weighted by molar-refractivity contribution is 5.77. The summed E-state index contributed by atoms with van der Waals surface area (Å²) in [7, 11) is 0. The second-order valence-corrected chi connectivity index (χ2v) is 5.40. The van der Waals surface area contributed by atoms with Crippen LogP contribution in [-0.2, 0) is 9.59 Å². The molecule has 0 aromatic carbocycles. The molecule has 0 fully saturated rings. The van der Waals surface area contributed by atoms with E-state index >= 15 is 0 Å². The maximum Gasteiger partial charge on any atom is 0.305 e. The second-order valence-electron chi connectivity index (χ2n) is 5.40. The molecule has 0 aliphatic heterocycles. The lowest BCUT2D eigenvalue weighted by molar-refractivity contribution is -0.141. The lowest BCUT2D eigenvalue weighted by Crippen LogP contribution is -2.47. The summed E-state index contributed by atoms with van der Waals surface area (Å²) in [5, 5.41) is 10.0. The van der Waals surface area contributed by atoms with Crippen LogP contribution in [0.4, 0.5) is 0 Å². The molecule has 0 spiro atoms. The van der Waals surface area contributed by atoms with Crippen molar-refractivity contribution >= 4 is 11.9 Å². The number of nitrogens with zero attached hydrogens (tertiary/aromatic N) is 1. The number of aliphatic carboxylic acids is 1. The normalized spacial score (nSPS) is 14.3. The molecule has 5 nitrogen and oxygen atoms in total. The minimum absolute atomic E-state index is 0.0926. The molecule has 0 rings (SSSR count). The van der Waals surface area contributed by atoms with E-state index in [-0.39, 0.29) is 18.2 Å². The molecule has 0 aromatic rings. The van der Waals surface area contributed by atoms with Gasteiger partial charge in [0.15, 0.2) is 0 Å². The monoisotopic (exact) mass is 258 g/mol. The van der Waals surface area contributed by atoms with Crippen molar-refractivity contribution in [3.05, 3.63) is 0 Å². The van der Waals surface area contributed by atoms with Gasteiger partial charge in [-0.1, -0.05) is 34.1 Å². The molecule has 0 aliphatic carbocycles. The van der Waals surface area contributed by atoms with E-state index in [1.165, 1.54) is 0 Å². The zero-order valence-corrected chi connectivity index (χ0v) is 11.8. The average Bonchev–Trinajstić information content (AvgIpc) is 2.25. The van der Waals surface area contributed by atoms with Crippen LogP contribution < -0.4 is 5.84 Å². The highest BCUT2D eigenvalue weighted by Crippen LogP contribution is 2.17. The van der Waals surface area contributed by atoms with Gasteiger partial charge in [0.05, 0.1) is 12.5 Å². The van der Waals surface area contributed by atoms with E-state index < -0.39 is 12.0 Å². The van der Waals surface area contributed by atoms with Crippen molar-refractivity contribution < 1.29 is 14.7 Å². The van der Waals surface area contributed by atoms with Crippen LogP contribution in [0.5, 0.6) is 0 Å². The quantitative estimate of drug-likeness (QED) is 0.396. The Balaban J connectivity index is 4.61. The van der Waals surface area contributed by atoms with E-state index in [1.54, 1.807) is 0 Å². The van der Waals surface area contributed by atoms with Gasteiger partial charge in [0, 0.05) is 6.42 Å². The molecule has 1 amide bonds. The zero-order chi connectivity index (χ0) is 14.3. The highest BCUT2D eigenvalue weighted by atomic mass is 16.4. The number of carbonyl (C=O) groups is 2. The number of carboxylic acid groups (broad SMARTS) is 1. The lowest BCUT2D eigenvalue weighted by Gasteiger charge is -2.29. The third kappa shape index (κ3) is 6.59. The van der Waals surface area contributed by atoms with Crippen molar-refractivity contribution in [2.45, 2.75) is 59.4 Å². The summed E-state index contributed by atoms with van der Waals surface area (Å²) in [5.41, 5.74) is 0. The number of hydrogen-bond donors (Lipinski definition) is 2. The first-order valence-electron chi connectivity index (χ1n) is 6.56. The van der Waals surface area contributed by atoms with Gasteiger partial charge in [-0.15, -0.1) is 0 Å². The first-order chi connectivity index (χ1) is 8.27. The van der Waals surface area contributed by atoms with Gasteiger partial charge in [0.1, 0.15) is 0 Å². The summed E-state index contributed by atoms with van der Waals surface area (Å²) < 4.78 is 0. The molecule has 0 saturated heterocycles. The molecule has 106 valence electrons. The Morgan fingerprint density at radius 1 is 1.22 bits per heavy atom. The Bertz CT molecular complexity index is 279. The summed E-state index contributed by atoms with van der Waals surface area (Å²) in [6.07, 6.45) is 1.84. The molecule has 18 heavy (non-hydrogen) atoms. The summed E-state index contributed by atoms with van der Waals surface area (Å²) in [6.45, 7) is 7.95. The molecule has 0 aliphatic rings. The van der Waals surface area contributed by atoms with Gasteiger partial charge >= 0.3 is 5.97 Å². The Morgan fingerprint density at radius 3 is 2.17 bits per heavy atom. The van der Waals surface area contributed by atoms with Gasteiger partial charge in [-0.2, -0.15) is 0 Å². The summed E-state index contributed by atoms with van der Waals surface area (Å²) >= 11 is 0. The predicted molar refractivity (Wildman–Crippen MR) is 70.6 cm³/mol. The van der Waals surface area contributed by atoms with E-state index in [1.807, 2.05) is 27.7 Å². The first kappa shape index (κ1) is 16.9. The van der Waals surface area contributed by atoms with Crippen LogP contribution in [0.15, 0.2) is 0 Å². The predicted octanol–water partition coefficient (Wildman–Crippen LogP) is 2.01. The fraction of sp³-hybridized carbons (Fsp3) is 0.846. The molecular weight excluding hydrogens is 232 g/mol. The van der Waals surface area contributed by atoms with Crippen molar-refractivity contribution in [1.29, 1.82) is 0 Å². The third-order valence-electron chi connectivity index (χ3n) is 3.05. The molecule has 2 unspecified atom stereocenters. The average molecular weight is 258 g/mol. The molecule has 3 N–H and O–H groups in total. The number of nitrogens with two attached hydrogens (primary N) is 1. The smallest absolute Gasteiger partial charge is 0.305 e. The van der Waals surface area contributed by atoms with Crippen LogP contribution in [0.2, 0.25) is 0 Å². The Kier molecular flexibility index (Phi) is 7.59. The van der Waals surface area contributed by atoms with Gasteiger partial charge in [0.25, 0.3) is 0 Å². The van der Waals surface area contributed by atoms with Gasteiger partial charge in [-0.05, 0) is 18.3 Å². The van der Waals surface area contributed by atoms with Crippen LogP contribution in [0.3, 0.4) is 0 Å². The third-order valence-corrected chi connectivity index (χ3v) is 3.05. The van der Waals surface area contributed by atoms with E-state index in [9.17, 15) is 9.59 Å². The number of hydrogen-bond acceptors (Lipinski definition) is 3. The standard InChI is InChI=1S/C13H26N2O3/c1-5-10(4)7-11(8-13(17)18)15(14)12(16)6-9(2)3/h9-11H,5-8,14H2,1-4H3,(H,17,18). The van der Waals surface area contributed by atoms with Crippen molar-refractivity contribution in [3.63, 3.8) is 0 Å². The Morgan fingerprint density at radius 2 is 1.78 bits per heavy atom. The lowest BCUT2D eigenvalue weighted by atomic mass is 9.96. The van der Waals surface area contributed by atoms with E-state index in [0.29, 0.717) is 18.8 Å². The molecule has 5 heteroatoms. The van der Waals surface area contributed by atoms with Crippen LogP contribution in [0.25, 0.3) is 0 Å². The molecule has 0 heterocycles. The molecule has 0 aromatic heterocycles. The van der Waals surface area contributed by atoms with E-state index in [4.69, 9.17) is 10.9 Å². The van der Waals surface area contributed by atoms with E-state index in [2.05, 4.69) is 0 Å². The van der Waals surface area contributed by atoms with Crippen molar-refractivity contribution in [2.24, 2.45) is 17.7 Å². The minimum atomic E-state index is -0.920. The molecule has 0 bridgehead atoms. The van der Waals surface area contributed by atoms with Crippen LogP contribution >= 0.6 is 0 Å². The van der Waals surface area contributed by atoms with Crippen LogP contribution in [0.1, 0.15) is 53.4 Å². The maximum atomic E-state index is 11.9. The molecule has 2 atom stereocenters. The molecule has 0 radical (unpaired) electrons. The minimum Gasteiger partial charge on any atom is -0.481 e. The van der Waals surface area contributed by atoms with Gasteiger partial charge in [-0.3, -0.25) is 14.6 Å². The van der Waals surface area contributed by atoms with Gasteiger partial charge < -0.3 is 5.11 Å². The van der Waals surface area contributed by atoms with Crippen LogP contribution in [-0.4, -0.2) is 28.0 Å². The van der Waals surface area contributed by atoms with Gasteiger partial charge in [-0.25, -0.2) is 5.84 Å². The fourth-order valence-electron chi connectivity index (χ4n) is 1.79. The number of carboxylic acids is 1. The van der Waals surface area contributed by atoms with Gasteiger partial charge in [0.2, 0.25) is 5.91 Å². The Labute approximate surface area is 109 Å². The molecule has 0 saturated carbocycles. The number of amides is 1. The zero-order valence-electron chi connectivity index (χ0n) is 11.8. The topological polar surface area (TPSA) is 83.6 Å². The molecular formula is C13H26N2O3. The van der Waals surface area contributed by atoms with Crippen LogP contribution in [0, 0.1) is 11.8 Å². The number of rotatable bonds is 8. The SMILES string of the molecule is CCC(C)CC(CC(=O)O)N(N)C(=O)CC(C)C. The summed E-state index contributed by atoms with van der Waals surface area (Å²) in [6, 6.07) is -0.413. The summed E-state index contributed by atoms with van der Waals surface area (Å²) in [4.78, 5) is 22.7. The number of hydrazine groups is 1. The van der Waals surface area contributed by atoms with Crippen molar-refractivity contribution in [2.75, 3.05) is 0 Å². The second kappa shape index (κ2) is 8.08. The Hall–Kier alpha value is -1.10. The van der Waals surface area contributed by atoms with Crippen molar-refractivity contribution in [3.8, 4) is 0 Å². The largest absolute Gasteiger partial charge is 0.481 e. The fourth-order valence-corrected chi connectivity index (χ4v) is 1.79.